The molecule has 2 aliphatic heterocycles. The third kappa shape index (κ3) is 3.85. The molecule has 0 radical (unpaired) electrons. The first-order chi connectivity index (χ1) is 13.7. The van der Waals surface area contributed by atoms with Gasteiger partial charge in [-0.2, -0.15) is 0 Å². The molecule has 8 heteroatoms. The second-order valence-corrected chi connectivity index (χ2v) is 8.96. The molecule has 4 rings (SSSR count). The maximum absolute atomic E-state index is 12.9. The third-order valence-corrected chi connectivity index (χ3v) is 6.03. The van der Waals surface area contributed by atoms with Crippen LogP contribution < -0.4 is 5.56 Å². The second kappa shape index (κ2) is 7.40. The van der Waals surface area contributed by atoms with Crippen LogP contribution in [0.2, 0.25) is 0 Å². The molecule has 2 amide bonds. The van der Waals surface area contributed by atoms with Crippen LogP contribution in [0.15, 0.2) is 10.9 Å². The number of nitrogens with one attached hydrogen (secondary N) is 1. The first-order valence-electron chi connectivity index (χ1n) is 10.2. The molecule has 2 fully saturated rings. The Hall–Kier alpha value is -2.48. The molecule has 8 nitrogen and oxygen atoms in total. The lowest BCUT2D eigenvalue weighted by Crippen LogP contribution is -2.53. The maximum Gasteiger partial charge on any atom is 0.261 e. The summed E-state index contributed by atoms with van der Waals surface area (Å²) in [5, 5.41) is 0. The van der Waals surface area contributed by atoms with Gasteiger partial charge in [0.15, 0.2) is 5.78 Å². The van der Waals surface area contributed by atoms with Crippen molar-refractivity contribution in [3.63, 3.8) is 0 Å². The number of carbonyl (C=O) groups excluding carboxylic acids is 3. The smallest absolute Gasteiger partial charge is 0.261 e. The predicted molar refractivity (Wildman–Crippen MR) is 105 cm³/mol. The molecular formula is C21H27N3O5. The molecule has 1 N–H and O–H groups in total. The molecule has 29 heavy (non-hydrogen) atoms. The van der Waals surface area contributed by atoms with Crippen LogP contribution in [0.1, 0.15) is 59.5 Å². The molecule has 1 aliphatic carbocycles. The topological polar surface area (TPSA) is 99.8 Å². The molecule has 0 saturated carbocycles. The summed E-state index contributed by atoms with van der Waals surface area (Å²) in [5.41, 5.74) is 0.386. The second-order valence-electron chi connectivity index (χ2n) is 8.96. The molecular weight excluding hydrogens is 374 g/mol. The molecule has 156 valence electrons. The van der Waals surface area contributed by atoms with Gasteiger partial charge in [0.25, 0.3) is 17.4 Å². The number of piperazine rings is 1. The Labute approximate surface area is 169 Å². The number of fused-ring (bicyclic) bond motifs is 1. The van der Waals surface area contributed by atoms with Crippen molar-refractivity contribution >= 4 is 17.6 Å². The van der Waals surface area contributed by atoms with Gasteiger partial charge in [-0.25, -0.2) is 0 Å². The van der Waals surface area contributed by atoms with Gasteiger partial charge in [-0.1, -0.05) is 13.8 Å². The quantitative estimate of drug-likeness (QED) is 0.797. The van der Waals surface area contributed by atoms with E-state index >= 15 is 0 Å². The summed E-state index contributed by atoms with van der Waals surface area (Å²) in [6.07, 6.45) is 2.26. The molecule has 1 unspecified atom stereocenters. The minimum absolute atomic E-state index is 0.00397. The van der Waals surface area contributed by atoms with Gasteiger partial charge in [-0.05, 0) is 30.7 Å². The summed E-state index contributed by atoms with van der Waals surface area (Å²) in [5.74, 6) is -0.459. The number of hydrogen-bond acceptors (Lipinski definition) is 5. The van der Waals surface area contributed by atoms with E-state index in [2.05, 4.69) is 4.98 Å². The van der Waals surface area contributed by atoms with E-state index in [1.54, 1.807) is 9.80 Å². The summed E-state index contributed by atoms with van der Waals surface area (Å²) in [4.78, 5) is 56.5. The van der Waals surface area contributed by atoms with Gasteiger partial charge < -0.3 is 19.5 Å². The zero-order valence-electron chi connectivity index (χ0n) is 17.0. The number of amides is 2. The van der Waals surface area contributed by atoms with Gasteiger partial charge in [0.05, 0.1) is 0 Å². The third-order valence-electron chi connectivity index (χ3n) is 6.03. The van der Waals surface area contributed by atoms with Crippen molar-refractivity contribution in [1.29, 1.82) is 0 Å². The van der Waals surface area contributed by atoms with Gasteiger partial charge in [0.2, 0.25) is 0 Å². The number of nitrogens with zero attached hydrogens (tertiary/aromatic N) is 2. The predicted octanol–water partition coefficient (Wildman–Crippen LogP) is 0.993. The number of Topliss-reactive ketones (excluding diaryl/α,β-unsaturated/α-hetero) is 1. The van der Waals surface area contributed by atoms with E-state index in [1.807, 2.05) is 13.8 Å². The summed E-state index contributed by atoms with van der Waals surface area (Å²) < 4.78 is 5.46. The Morgan fingerprint density at radius 1 is 1.10 bits per heavy atom. The molecule has 1 atom stereocenters. The van der Waals surface area contributed by atoms with Crippen LogP contribution in [0, 0.1) is 5.41 Å². The lowest BCUT2D eigenvalue weighted by atomic mass is 9.75. The highest BCUT2D eigenvalue weighted by molar-refractivity contribution is 6.02. The summed E-state index contributed by atoms with van der Waals surface area (Å²) >= 11 is 0. The normalized spacial score (nSPS) is 23.8. The van der Waals surface area contributed by atoms with E-state index in [0.29, 0.717) is 56.9 Å². The Kier molecular flexibility index (Phi) is 5.06. The largest absolute Gasteiger partial charge is 0.368 e. The Bertz CT molecular complexity index is 905. The molecule has 0 aromatic carbocycles. The first kappa shape index (κ1) is 19.8. The highest BCUT2D eigenvalue weighted by atomic mass is 16.5. The fourth-order valence-corrected chi connectivity index (χ4v) is 4.46. The number of carbonyl (C=O) groups is 3. The number of rotatable bonds is 2. The van der Waals surface area contributed by atoms with Crippen molar-refractivity contribution in [1.82, 2.24) is 14.8 Å². The summed E-state index contributed by atoms with van der Waals surface area (Å²) in [7, 11) is 0. The van der Waals surface area contributed by atoms with Crippen LogP contribution in [-0.4, -0.2) is 71.3 Å². The van der Waals surface area contributed by atoms with Crippen LogP contribution in [0.4, 0.5) is 0 Å². The van der Waals surface area contributed by atoms with Crippen molar-refractivity contribution in [3.8, 4) is 0 Å². The van der Waals surface area contributed by atoms with Crippen molar-refractivity contribution in [3.05, 3.63) is 33.2 Å². The van der Waals surface area contributed by atoms with Gasteiger partial charge >= 0.3 is 0 Å². The lowest BCUT2D eigenvalue weighted by molar-refractivity contribution is -0.142. The van der Waals surface area contributed by atoms with E-state index in [9.17, 15) is 19.2 Å². The number of ketones is 1. The van der Waals surface area contributed by atoms with Crippen LogP contribution in [0.3, 0.4) is 0 Å². The van der Waals surface area contributed by atoms with Crippen molar-refractivity contribution in [2.45, 2.75) is 45.6 Å². The van der Waals surface area contributed by atoms with Crippen molar-refractivity contribution < 1.29 is 19.1 Å². The van der Waals surface area contributed by atoms with Crippen molar-refractivity contribution in [2.75, 3.05) is 32.8 Å². The fraction of sp³-hybridized carbons (Fsp3) is 0.619. The SMILES string of the molecule is CC1(C)CC(=O)c2cc(C(=O)N3CCN(C(=O)C4CCCO4)CC3)c(=O)[nH]c2C1. The van der Waals surface area contributed by atoms with E-state index in [4.69, 9.17) is 4.74 Å². The fourth-order valence-electron chi connectivity index (χ4n) is 4.46. The maximum atomic E-state index is 12.9. The number of H-pyrrole nitrogens is 1. The number of aromatic amines is 1. The number of pyridine rings is 1. The number of ether oxygens (including phenoxy) is 1. The monoisotopic (exact) mass is 401 g/mol. The average Bonchev–Trinajstić information content (AvgIpc) is 3.20. The van der Waals surface area contributed by atoms with Gasteiger partial charge in [0.1, 0.15) is 11.7 Å². The summed E-state index contributed by atoms with van der Waals surface area (Å²) in [6.45, 7) is 6.14. The van der Waals surface area contributed by atoms with Crippen molar-refractivity contribution in [2.24, 2.45) is 5.41 Å². The zero-order chi connectivity index (χ0) is 20.8. The molecule has 3 heterocycles. The van der Waals surface area contributed by atoms with Gasteiger partial charge in [-0.15, -0.1) is 0 Å². The van der Waals surface area contributed by atoms with Crippen LogP contribution in [0.25, 0.3) is 0 Å². The Balaban J connectivity index is 1.47. The Morgan fingerprint density at radius 3 is 2.45 bits per heavy atom. The van der Waals surface area contributed by atoms with Crippen LogP contribution in [0.5, 0.6) is 0 Å². The van der Waals surface area contributed by atoms with E-state index in [0.717, 1.165) is 12.8 Å². The minimum atomic E-state index is -0.461. The molecule has 0 bridgehead atoms. The number of aromatic nitrogens is 1. The highest BCUT2D eigenvalue weighted by Gasteiger charge is 2.35. The molecule has 0 spiro atoms. The minimum Gasteiger partial charge on any atom is -0.368 e. The van der Waals surface area contributed by atoms with E-state index in [1.165, 1.54) is 6.07 Å². The highest BCUT2D eigenvalue weighted by Crippen LogP contribution is 2.33. The van der Waals surface area contributed by atoms with E-state index in [-0.39, 0.29) is 28.8 Å². The zero-order valence-corrected chi connectivity index (χ0v) is 17.0. The average molecular weight is 401 g/mol. The van der Waals surface area contributed by atoms with Gasteiger partial charge in [-0.3, -0.25) is 19.2 Å². The van der Waals surface area contributed by atoms with Gasteiger partial charge in [0, 0.05) is 50.5 Å². The van der Waals surface area contributed by atoms with Crippen LogP contribution >= 0.6 is 0 Å². The first-order valence-corrected chi connectivity index (χ1v) is 10.2. The number of hydrogen-bond donors (Lipinski definition) is 1. The molecule has 2 saturated heterocycles. The molecule has 1 aromatic heterocycles. The van der Waals surface area contributed by atoms with E-state index < -0.39 is 11.5 Å². The summed E-state index contributed by atoms with van der Waals surface area (Å²) in [6, 6.07) is 1.46. The Morgan fingerprint density at radius 2 is 1.79 bits per heavy atom. The standard InChI is InChI=1S/C21H27N3O5/c1-21(2)11-15-13(16(25)12-21)10-14(18(26)22-15)19(27)23-5-7-24(8-6-23)20(28)17-4-3-9-29-17/h10,17H,3-9,11-12H2,1-2H3,(H,22,26). The molecule has 1 aromatic rings. The van der Waals surface area contributed by atoms with Crippen LogP contribution in [-0.2, 0) is 16.0 Å². The molecule has 3 aliphatic rings. The lowest BCUT2D eigenvalue weighted by Gasteiger charge is -2.36.